The Labute approximate surface area is 460 Å². The average Bonchev–Trinajstić information content (AvgIpc) is 3.44. The molecule has 2 unspecified atom stereocenters. The molecule has 0 bridgehead atoms. The number of benzene rings is 4. The van der Waals surface area contributed by atoms with Gasteiger partial charge in [-0.1, -0.05) is 6.07 Å². The molecule has 0 heterocycles. The second-order valence-corrected chi connectivity index (χ2v) is 17.8. The van der Waals surface area contributed by atoms with Gasteiger partial charge in [-0.3, -0.25) is 20.6 Å². The van der Waals surface area contributed by atoms with Gasteiger partial charge in [0.1, 0.15) is 17.5 Å². The van der Waals surface area contributed by atoms with E-state index in [9.17, 15) is 90.4 Å². The van der Waals surface area contributed by atoms with Gasteiger partial charge in [0.05, 0.1) is 35.7 Å². The number of rotatable bonds is 28. The second kappa shape index (κ2) is 27.7. The minimum atomic E-state index is -1.40. The number of aromatic hydroxyl groups is 8. The average molecular weight is 1130 g/mol. The monoisotopic (exact) mass is 1120 g/mol. The first-order valence-corrected chi connectivity index (χ1v) is 24.3. The van der Waals surface area contributed by atoms with Crippen LogP contribution < -0.4 is 37.4 Å². The number of hydrazine groups is 1. The van der Waals surface area contributed by atoms with Crippen LogP contribution in [0.5, 0.6) is 46.0 Å². The van der Waals surface area contributed by atoms with E-state index in [2.05, 4.69) is 42.4 Å². The fraction of sp³-hybridized carbons (Fsp3) is 0.222. The number of aliphatic hydroxyl groups is 1. The molecule has 430 valence electrons. The van der Waals surface area contributed by atoms with Gasteiger partial charge in [-0.05, 0) is 103 Å². The number of aliphatic imine (C=N–C) groups is 1. The minimum Gasteiger partial charge on any atom is -0.504 e. The van der Waals surface area contributed by atoms with E-state index in [4.69, 9.17) is 5.11 Å². The summed E-state index contributed by atoms with van der Waals surface area (Å²) in [4.78, 5) is 61.9. The number of aryl methyl sites for hydroxylation is 1. The Morgan fingerprint density at radius 3 is 1.64 bits per heavy atom. The van der Waals surface area contributed by atoms with Gasteiger partial charge in [-0.25, -0.2) is 19.2 Å². The standard InChI is InChI=1S/C54H60N8O19/c1-25-18-32(27(3)49(76)47(25)74)34(24-44(72)73)56-12-14-59-37-21-31(7-11-43(70)71)46(54(81)51(37)78)62-61-38-22-30(6-10-42(68)69)45(53(80)52(38)79)60-17-16-55-33-23-39(63)35(20-29(33)5-9-41(66)67)57-13-15-58-36-19-28(4-8-40(64)65)26(2)48(75)50(36)77/h4-11,18-23,34,39,55-56,58-63,74-81H,12-17,24H2,1-3H3,(H,64,65)(H,66,67)(H,68,69)(H,70,71)(H,72,73)/b8-4+,9-5+,10-6+,11-7+,57-35?. The zero-order chi connectivity index (χ0) is 59.8. The predicted molar refractivity (Wildman–Crippen MR) is 298 cm³/mol. The summed E-state index contributed by atoms with van der Waals surface area (Å²) in [6, 6.07) is 4.54. The third kappa shape index (κ3) is 16.3. The Kier molecular flexibility index (Phi) is 20.9. The summed E-state index contributed by atoms with van der Waals surface area (Å²) in [5.41, 5.74) is 6.26. The van der Waals surface area contributed by atoms with Crippen LogP contribution in [0.3, 0.4) is 0 Å². The summed E-state index contributed by atoms with van der Waals surface area (Å²) >= 11 is 0. The van der Waals surface area contributed by atoms with Gasteiger partial charge in [-0.15, -0.1) is 0 Å². The van der Waals surface area contributed by atoms with Crippen molar-refractivity contribution in [2.45, 2.75) is 39.3 Å². The summed E-state index contributed by atoms with van der Waals surface area (Å²) in [6.07, 6.45) is 8.78. The van der Waals surface area contributed by atoms with E-state index in [1.807, 2.05) is 0 Å². The van der Waals surface area contributed by atoms with Gasteiger partial charge < -0.3 is 98.1 Å². The molecular formula is C54H60N8O19. The van der Waals surface area contributed by atoms with E-state index in [-0.39, 0.29) is 113 Å². The molecule has 5 rings (SSSR count). The zero-order valence-corrected chi connectivity index (χ0v) is 43.4. The number of phenols is 8. The number of nitrogens with zero attached hydrogens (tertiary/aromatic N) is 1. The summed E-state index contributed by atoms with van der Waals surface area (Å²) in [7, 11) is 0. The van der Waals surface area contributed by atoms with Crippen molar-refractivity contribution in [1.82, 2.24) is 10.6 Å². The maximum atomic E-state index is 11.8. The molecule has 0 spiro atoms. The van der Waals surface area contributed by atoms with E-state index >= 15 is 0 Å². The van der Waals surface area contributed by atoms with Crippen LogP contribution in [0.1, 0.15) is 51.4 Å². The van der Waals surface area contributed by atoms with Gasteiger partial charge in [0, 0.05) is 85.5 Å². The number of anilines is 5. The molecule has 0 radical (unpaired) electrons. The molecule has 2 atom stereocenters. The van der Waals surface area contributed by atoms with E-state index in [1.54, 1.807) is 0 Å². The van der Waals surface area contributed by atoms with Crippen LogP contribution in [-0.4, -0.2) is 152 Å². The number of phenolic OH excluding ortho intramolecular Hbond substituents is 8. The van der Waals surface area contributed by atoms with Crippen LogP contribution in [-0.2, 0) is 24.0 Å². The smallest absolute Gasteiger partial charge is 0.328 e. The maximum Gasteiger partial charge on any atom is 0.328 e. The molecule has 1 aliphatic rings. The number of aliphatic hydroxyl groups excluding tert-OH is 1. The summed E-state index contributed by atoms with van der Waals surface area (Å²) < 4.78 is 0. The highest BCUT2D eigenvalue weighted by atomic mass is 16.4. The van der Waals surface area contributed by atoms with Crippen molar-refractivity contribution in [1.29, 1.82) is 0 Å². The summed E-state index contributed by atoms with van der Waals surface area (Å²) in [5.74, 6) is -11.4. The predicted octanol–water partition coefficient (Wildman–Crippen LogP) is 4.59. The fourth-order valence-corrected chi connectivity index (χ4v) is 8.07. The van der Waals surface area contributed by atoms with Gasteiger partial charge in [0.15, 0.2) is 46.0 Å². The number of hydrogen-bond acceptors (Lipinski definition) is 22. The fourth-order valence-electron chi connectivity index (χ4n) is 8.07. The van der Waals surface area contributed by atoms with Crippen molar-refractivity contribution in [3.05, 3.63) is 117 Å². The second-order valence-electron chi connectivity index (χ2n) is 17.8. The minimum absolute atomic E-state index is 0.00487. The SMILES string of the molecule is Cc1cc(C(CC(=O)O)NCCNc2cc(/C=C/C(=O)O)c(NNc3cc(/C=C/C(=O)O)c(NCCNC4=CC(O)C(=NCCNc5cc(/C=C/C(=O)O)c(C)c(O)c5O)C=C4/C=C/C(=O)O)c(O)c3O)c(O)c2O)c(C)c(O)c1O. The first-order chi connectivity index (χ1) is 38.3. The molecule has 0 saturated carbocycles. The maximum absolute atomic E-state index is 11.8. The van der Waals surface area contributed by atoms with Crippen molar-refractivity contribution in [3.63, 3.8) is 0 Å². The van der Waals surface area contributed by atoms with Crippen molar-refractivity contribution in [2.24, 2.45) is 4.99 Å². The first-order valence-electron chi connectivity index (χ1n) is 24.3. The van der Waals surface area contributed by atoms with Crippen LogP contribution >= 0.6 is 0 Å². The highest BCUT2D eigenvalue weighted by Crippen LogP contribution is 2.46. The molecular weight excluding hydrogens is 1060 g/mol. The quantitative estimate of drug-likeness (QED) is 0.0160. The highest BCUT2D eigenvalue weighted by Gasteiger charge is 2.24. The highest BCUT2D eigenvalue weighted by molar-refractivity contribution is 6.03. The lowest BCUT2D eigenvalue weighted by Gasteiger charge is -2.22. The lowest BCUT2D eigenvalue weighted by Crippen LogP contribution is -2.29. The van der Waals surface area contributed by atoms with Crippen LogP contribution in [0.4, 0.5) is 28.4 Å². The number of carboxylic acid groups (broad SMARTS) is 5. The molecule has 0 aliphatic heterocycles. The van der Waals surface area contributed by atoms with Crippen LogP contribution in [0, 0.1) is 20.8 Å². The normalized spacial score (nSPS) is 14.3. The zero-order valence-electron chi connectivity index (χ0n) is 43.4. The molecule has 4 aromatic carbocycles. The number of carboxylic acids is 5. The van der Waals surface area contributed by atoms with E-state index in [1.165, 1.54) is 69.3 Å². The Morgan fingerprint density at radius 2 is 1.02 bits per heavy atom. The number of aliphatic carboxylic acids is 5. The van der Waals surface area contributed by atoms with Crippen LogP contribution in [0.25, 0.3) is 18.2 Å². The van der Waals surface area contributed by atoms with Gasteiger partial charge in [0.2, 0.25) is 0 Å². The van der Waals surface area contributed by atoms with Crippen molar-refractivity contribution < 1.29 is 95.5 Å². The molecule has 0 amide bonds. The Morgan fingerprint density at radius 1 is 0.531 bits per heavy atom. The Bertz CT molecular complexity index is 3330. The van der Waals surface area contributed by atoms with Gasteiger partial charge in [0.25, 0.3) is 0 Å². The van der Waals surface area contributed by atoms with Crippen LogP contribution in [0.2, 0.25) is 0 Å². The van der Waals surface area contributed by atoms with Gasteiger partial charge in [-0.2, -0.15) is 0 Å². The number of nitrogens with one attached hydrogen (secondary N) is 7. The molecule has 0 aromatic heterocycles. The van der Waals surface area contributed by atoms with E-state index < -0.39 is 88.7 Å². The molecule has 4 aromatic rings. The first kappa shape index (κ1) is 61.3. The van der Waals surface area contributed by atoms with Crippen molar-refractivity contribution in [3.8, 4) is 46.0 Å². The molecule has 0 fully saturated rings. The Balaban J connectivity index is 1.30. The van der Waals surface area contributed by atoms with Gasteiger partial charge >= 0.3 is 29.8 Å². The third-order valence-electron chi connectivity index (χ3n) is 12.2. The summed E-state index contributed by atoms with van der Waals surface area (Å²) in [5, 5.41) is 159. The molecule has 81 heavy (non-hydrogen) atoms. The number of carbonyl (C=O) groups is 5. The molecule has 27 heteroatoms. The topological polar surface area (TPSA) is 465 Å². The van der Waals surface area contributed by atoms with E-state index in [0.29, 0.717) is 22.8 Å². The third-order valence-corrected chi connectivity index (χ3v) is 12.2. The largest absolute Gasteiger partial charge is 0.504 e. The lowest BCUT2D eigenvalue weighted by molar-refractivity contribution is -0.138. The number of allylic oxidation sites excluding steroid dienone is 1. The molecule has 0 saturated heterocycles. The summed E-state index contributed by atoms with van der Waals surface area (Å²) in [6.45, 7) is 4.50. The van der Waals surface area contributed by atoms with E-state index in [0.717, 1.165) is 30.4 Å². The van der Waals surface area contributed by atoms with Crippen molar-refractivity contribution >= 4 is 82.2 Å². The number of hydrogen-bond donors (Lipinski definition) is 21. The molecule has 27 nitrogen and oxygen atoms in total. The molecule has 1 aliphatic carbocycles. The Hall–Kier alpha value is -10.5. The van der Waals surface area contributed by atoms with Crippen molar-refractivity contribution in [2.75, 3.05) is 66.1 Å². The lowest BCUT2D eigenvalue weighted by atomic mass is 9.95. The molecule has 21 N–H and O–H groups in total. The van der Waals surface area contributed by atoms with Crippen LogP contribution in [0.15, 0.2) is 83.1 Å².